The number of unbranched alkanes of at least 4 members (excludes halogenated alkanes) is 1. The highest BCUT2D eigenvalue weighted by Crippen LogP contribution is 2.17. The van der Waals surface area contributed by atoms with E-state index in [4.69, 9.17) is 4.74 Å². The van der Waals surface area contributed by atoms with E-state index in [1.54, 1.807) is 6.20 Å². The number of hydrogen-bond donors (Lipinski definition) is 0. The fourth-order valence-electron chi connectivity index (χ4n) is 1.52. The third kappa shape index (κ3) is 2.95. The summed E-state index contributed by atoms with van der Waals surface area (Å²) >= 11 is 3.40. The van der Waals surface area contributed by atoms with Crippen LogP contribution in [0.4, 0.5) is 0 Å². The van der Waals surface area contributed by atoms with Crippen LogP contribution in [0, 0.1) is 0 Å². The van der Waals surface area contributed by atoms with Gasteiger partial charge in [0.05, 0.1) is 18.3 Å². The molecule has 1 heterocycles. The van der Waals surface area contributed by atoms with E-state index in [0.717, 1.165) is 41.4 Å². The molecule has 0 aliphatic carbocycles. The average Bonchev–Trinajstić information content (AvgIpc) is 2.34. The minimum atomic E-state index is 0.756. The Hall–Kier alpha value is -1.09. The number of alkyl halides is 1. The van der Waals surface area contributed by atoms with Crippen LogP contribution >= 0.6 is 15.9 Å². The molecule has 1 aromatic heterocycles. The van der Waals surface area contributed by atoms with E-state index in [0.29, 0.717) is 0 Å². The number of fused-ring (bicyclic) bond motifs is 1. The smallest absolute Gasteiger partial charge is 0.138 e. The maximum absolute atomic E-state index is 5.63. The van der Waals surface area contributed by atoms with E-state index in [1.807, 2.05) is 30.3 Å². The summed E-state index contributed by atoms with van der Waals surface area (Å²) in [7, 11) is 0. The number of aromatic nitrogens is 1. The third-order valence-corrected chi connectivity index (χ3v) is 2.92. The Morgan fingerprint density at radius 1 is 1.19 bits per heavy atom. The van der Waals surface area contributed by atoms with Crippen molar-refractivity contribution < 1.29 is 4.74 Å². The van der Waals surface area contributed by atoms with Crippen molar-refractivity contribution in [2.45, 2.75) is 12.8 Å². The second-order valence-corrected chi connectivity index (χ2v) is 4.40. The van der Waals surface area contributed by atoms with Crippen molar-refractivity contribution in [3.05, 3.63) is 36.5 Å². The zero-order valence-corrected chi connectivity index (χ0v) is 10.6. The highest BCUT2D eigenvalue weighted by molar-refractivity contribution is 9.09. The van der Waals surface area contributed by atoms with Crippen LogP contribution in [0.2, 0.25) is 0 Å². The second-order valence-electron chi connectivity index (χ2n) is 3.61. The maximum Gasteiger partial charge on any atom is 0.138 e. The lowest BCUT2D eigenvalue weighted by molar-refractivity contribution is 0.309. The molecule has 16 heavy (non-hydrogen) atoms. The van der Waals surface area contributed by atoms with Crippen molar-refractivity contribution in [3.63, 3.8) is 0 Å². The molecule has 0 atom stereocenters. The summed E-state index contributed by atoms with van der Waals surface area (Å²) in [5.41, 5.74) is 1.01. The topological polar surface area (TPSA) is 22.1 Å². The summed E-state index contributed by atoms with van der Waals surface area (Å²) in [4.78, 5) is 4.35. The molecule has 2 aromatic rings. The molecule has 3 heteroatoms. The molecule has 2 rings (SSSR count). The van der Waals surface area contributed by atoms with Crippen molar-refractivity contribution >= 4 is 26.8 Å². The van der Waals surface area contributed by atoms with Gasteiger partial charge in [0, 0.05) is 10.7 Å². The van der Waals surface area contributed by atoms with E-state index in [9.17, 15) is 0 Å². The first-order valence-corrected chi connectivity index (χ1v) is 6.56. The second kappa shape index (κ2) is 5.85. The number of ether oxygens (including phenoxy) is 1. The molecule has 0 aliphatic rings. The molecule has 0 radical (unpaired) electrons. The molecular weight excluding hydrogens is 266 g/mol. The summed E-state index contributed by atoms with van der Waals surface area (Å²) < 4.78 is 5.63. The standard InChI is InChI=1S/C13H14BrNO/c14-7-3-4-8-16-12-9-11-5-1-2-6-13(11)15-10-12/h1-2,5-6,9-10H,3-4,7-8H2. The van der Waals surface area contributed by atoms with Gasteiger partial charge in [0.1, 0.15) is 5.75 Å². The molecule has 84 valence electrons. The lowest BCUT2D eigenvalue weighted by Crippen LogP contribution is -1.97. The molecule has 0 bridgehead atoms. The van der Waals surface area contributed by atoms with Gasteiger partial charge < -0.3 is 4.74 Å². The van der Waals surface area contributed by atoms with Gasteiger partial charge in [0.15, 0.2) is 0 Å². The fraction of sp³-hybridized carbons (Fsp3) is 0.308. The minimum Gasteiger partial charge on any atom is -0.492 e. The zero-order valence-electron chi connectivity index (χ0n) is 9.03. The van der Waals surface area contributed by atoms with Crippen LogP contribution in [-0.4, -0.2) is 16.9 Å². The Kier molecular flexibility index (Phi) is 4.17. The van der Waals surface area contributed by atoms with Gasteiger partial charge in [-0.3, -0.25) is 4.98 Å². The molecule has 0 aliphatic heterocycles. The minimum absolute atomic E-state index is 0.756. The van der Waals surface area contributed by atoms with E-state index >= 15 is 0 Å². The molecule has 1 aromatic carbocycles. The number of halogens is 1. The van der Waals surface area contributed by atoms with Crippen molar-refractivity contribution in [1.29, 1.82) is 0 Å². The Labute approximate surface area is 104 Å². The first-order chi connectivity index (χ1) is 7.90. The van der Waals surface area contributed by atoms with Gasteiger partial charge >= 0.3 is 0 Å². The number of pyridine rings is 1. The third-order valence-electron chi connectivity index (χ3n) is 2.36. The Morgan fingerprint density at radius 2 is 2.06 bits per heavy atom. The molecule has 0 fully saturated rings. The van der Waals surface area contributed by atoms with Gasteiger partial charge in [-0.1, -0.05) is 34.1 Å². The first kappa shape index (κ1) is 11.4. The summed E-state index contributed by atoms with van der Waals surface area (Å²) in [6, 6.07) is 10.1. The molecule has 0 saturated heterocycles. The Balaban J connectivity index is 2.02. The summed E-state index contributed by atoms with van der Waals surface area (Å²) in [6.07, 6.45) is 4.00. The number of para-hydroxylation sites is 1. The van der Waals surface area contributed by atoms with Crippen LogP contribution in [0.3, 0.4) is 0 Å². The van der Waals surface area contributed by atoms with Gasteiger partial charge in [-0.2, -0.15) is 0 Å². The van der Waals surface area contributed by atoms with Crippen LogP contribution < -0.4 is 4.74 Å². The summed E-state index contributed by atoms with van der Waals surface area (Å²) in [5.74, 6) is 0.855. The van der Waals surface area contributed by atoms with Crippen LogP contribution in [0.5, 0.6) is 5.75 Å². The van der Waals surface area contributed by atoms with E-state index in [2.05, 4.69) is 20.9 Å². The average molecular weight is 280 g/mol. The van der Waals surface area contributed by atoms with E-state index < -0.39 is 0 Å². The molecule has 0 saturated carbocycles. The van der Waals surface area contributed by atoms with Gasteiger partial charge in [0.2, 0.25) is 0 Å². The predicted octanol–water partition coefficient (Wildman–Crippen LogP) is 3.79. The van der Waals surface area contributed by atoms with Crippen molar-refractivity contribution in [2.75, 3.05) is 11.9 Å². The number of rotatable bonds is 5. The van der Waals surface area contributed by atoms with Gasteiger partial charge in [0.25, 0.3) is 0 Å². The van der Waals surface area contributed by atoms with Crippen LogP contribution in [0.25, 0.3) is 10.9 Å². The molecule has 0 N–H and O–H groups in total. The maximum atomic E-state index is 5.63. The van der Waals surface area contributed by atoms with Crippen molar-refractivity contribution in [3.8, 4) is 5.75 Å². The lowest BCUT2D eigenvalue weighted by Gasteiger charge is -2.05. The SMILES string of the molecule is BrCCCCOc1cnc2ccccc2c1. The van der Waals surface area contributed by atoms with Crippen LogP contribution in [0.1, 0.15) is 12.8 Å². The number of benzene rings is 1. The summed E-state index contributed by atoms with van der Waals surface area (Å²) in [6.45, 7) is 0.756. The molecule has 0 spiro atoms. The molecule has 0 unspecified atom stereocenters. The molecule has 2 nitrogen and oxygen atoms in total. The van der Waals surface area contributed by atoms with Gasteiger partial charge in [-0.25, -0.2) is 0 Å². The zero-order chi connectivity index (χ0) is 11.2. The van der Waals surface area contributed by atoms with Gasteiger partial charge in [-0.05, 0) is 25.0 Å². The summed E-state index contributed by atoms with van der Waals surface area (Å²) in [5, 5.41) is 2.16. The van der Waals surface area contributed by atoms with Gasteiger partial charge in [-0.15, -0.1) is 0 Å². The normalized spacial score (nSPS) is 10.6. The van der Waals surface area contributed by atoms with Crippen molar-refractivity contribution in [1.82, 2.24) is 4.98 Å². The Bertz CT molecular complexity index is 458. The number of hydrogen-bond acceptors (Lipinski definition) is 2. The highest BCUT2D eigenvalue weighted by atomic mass is 79.9. The molecular formula is C13H14BrNO. The lowest BCUT2D eigenvalue weighted by atomic mass is 10.2. The van der Waals surface area contributed by atoms with E-state index in [1.165, 1.54) is 0 Å². The molecule has 0 amide bonds. The number of nitrogens with zero attached hydrogens (tertiary/aromatic N) is 1. The Morgan fingerprint density at radius 3 is 2.94 bits per heavy atom. The monoisotopic (exact) mass is 279 g/mol. The largest absolute Gasteiger partial charge is 0.492 e. The highest BCUT2D eigenvalue weighted by Gasteiger charge is 1.97. The first-order valence-electron chi connectivity index (χ1n) is 5.44. The predicted molar refractivity (Wildman–Crippen MR) is 70.3 cm³/mol. The quantitative estimate of drug-likeness (QED) is 0.614. The van der Waals surface area contributed by atoms with E-state index in [-0.39, 0.29) is 0 Å². The fourth-order valence-corrected chi connectivity index (χ4v) is 1.91. The van der Waals surface area contributed by atoms with Crippen LogP contribution in [-0.2, 0) is 0 Å². The van der Waals surface area contributed by atoms with Crippen molar-refractivity contribution in [2.24, 2.45) is 0 Å². The van der Waals surface area contributed by atoms with Crippen LogP contribution in [0.15, 0.2) is 36.5 Å².